The summed E-state index contributed by atoms with van der Waals surface area (Å²) in [7, 11) is 0. The fraction of sp³-hybridized carbons (Fsp3) is 0.400. The molecule has 2 aliphatic rings. The summed E-state index contributed by atoms with van der Waals surface area (Å²) in [6.07, 6.45) is 20.2. The minimum Gasteiger partial charge on any atom is -1.00 e. The minimum atomic E-state index is 0. The molecule has 0 aromatic heterocycles. The van der Waals surface area contributed by atoms with Gasteiger partial charge in [-0.15, -0.1) is 12.8 Å². The van der Waals surface area contributed by atoms with Gasteiger partial charge in [0, 0.05) is 0 Å². The molecular weight excluding hydrogens is 327 g/mol. The van der Waals surface area contributed by atoms with Crippen LogP contribution in [-0.2, 0) is 17.4 Å². The van der Waals surface area contributed by atoms with Crippen LogP contribution in [-0.4, -0.2) is 10.00 Å². The molecule has 0 saturated heterocycles. The predicted octanol–water partition coefficient (Wildman–Crippen LogP) is -1.85. The molecule has 0 spiro atoms. The maximum atomic E-state index is 2.99. The van der Waals surface area contributed by atoms with Crippen LogP contribution in [0.4, 0.5) is 0 Å². The van der Waals surface area contributed by atoms with Crippen LogP contribution in [0.5, 0.6) is 0 Å². The van der Waals surface area contributed by atoms with Crippen molar-refractivity contribution in [3.63, 3.8) is 0 Å². The Bertz CT molecular complexity index is 325. The maximum Gasteiger partial charge on any atom is -0.109 e. The molecule has 0 aliphatic heterocycles. The molecule has 0 atom stereocenters. The van der Waals surface area contributed by atoms with Gasteiger partial charge in [-0.2, -0.15) is 12.2 Å². The first kappa shape index (κ1) is 24.4. The van der Waals surface area contributed by atoms with Gasteiger partial charge >= 0.3 is 54.4 Å². The normalized spacial score (nSPS) is 12.0. The Balaban J connectivity index is -0.000000194. The molecule has 0 N–H and O–H groups in total. The van der Waals surface area contributed by atoms with Crippen molar-refractivity contribution < 1.29 is 42.2 Å². The summed E-state index contributed by atoms with van der Waals surface area (Å²) >= 11 is 0.407. The average Bonchev–Trinajstić information content (AvgIpc) is 2.96. The van der Waals surface area contributed by atoms with Crippen LogP contribution in [0.3, 0.4) is 0 Å². The van der Waals surface area contributed by atoms with Gasteiger partial charge in [-0.3, -0.25) is 12.2 Å². The predicted molar refractivity (Wildman–Crippen MR) is 77.0 cm³/mol. The van der Waals surface area contributed by atoms with Gasteiger partial charge in [-0.1, -0.05) is 0 Å². The third-order valence-corrected chi connectivity index (χ3v) is 7.36. The van der Waals surface area contributed by atoms with Crippen molar-refractivity contribution in [1.29, 1.82) is 0 Å². The van der Waals surface area contributed by atoms with Crippen LogP contribution in [0, 0.1) is 12.2 Å². The molecule has 2 aliphatic carbocycles. The molecule has 0 unspecified atom stereocenters. The van der Waals surface area contributed by atoms with Crippen LogP contribution in [0.25, 0.3) is 0 Å². The average molecular weight is 349 g/mol. The monoisotopic (exact) mass is 348 g/mol. The van der Waals surface area contributed by atoms with Gasteiger partial charge in [0.05, 0.1) is 0 Å². The van der Waals surface area contributed by atoms with E-state index >= 15 is 0 Å². The quantitative estimate of drug-likeness (QED) is 0.356. The van der Waals surface area contributed by atoms with Crippen molar-refractivity contribution in [2.24, 2.45) is 0 Å². The summed E-state index contributed by atoms with van der Waals surface area (Å²) in [4.78, 5) is 0. The van der Waals surface area contributed by atoms with E-state index in [-0.39, 0.29) is 31.0 Å². The molecule has 0 bridgehead atoms. The van der Waals surface area contributed by atoms with Gasteiger partial charge in [-0.25, -0.2) is 24.3 Å². The molecule has 0 saturated carbocycles. The summed E-state index contributed by atoms with van der Waals surface area (Å²) in [5.74, 6) is 0. The van der Waals surface area contributed by atoms with E-state index in [0.717, 1.165) is 12.8 Å². The first-order valence-corrected chi connectivity index (χ1v) is 11.6. The Morgan fingerprint density at radius 1 is 0.947 bits per heavy atom. The summed E-state index contributed by atoms with van der Waals surface area (Å²) in [5, 5.41) is 0. The van der Waals surface area contributed by atoms with E-state index in [0.29, 0.717) is 17.4 Å². The van der Waals surface area contributed by atoms with Crippen LogP contribution >= 0.6 is 0 Å². The minimum absolute atomic E-state index is 0. The zero-order valence-corrected chi connectivity index (χ0v) is 16.2. The van der Waals surface area contributed by atoms with Gasteiger partial charge in [0.1, 0.15) is 0 Å². The van der Waals surface area contributed by atoms with E-state index in [1.165, 1.54) is 0 Å². The standard InChI is InChI=1S/2C5H5.C3H6.C2H6Si.2ClH.Ti/c2*1-2-4-5-3-1;2*1-3-2;;;/h2*1-3H,4H2;2*1-2H3;2*1H;/q2*-1;;;;;/p-2. The summed E-state index contributed by atoms with van der Waals surface area (Å²) < 4.78 is 1.71. The maximum absolute atomic E-state index is 2.99. The second-order valence-corrected chi connectivity index (χ2v) is 13.8. The van der Waals surface area contributed by atoms with E-state index in [4.69, 9.17) is 0 Å². The Labute approximate surface area is 140 Å². The van der Waals surface area contributed by atoms with Crippen molar-refractivity contribution in [2.45, 2.75) is 39.8 Å². The molecular formula is C15H22Cl2SiTi-4. The van der Waals surface area contributed by atoms with Crippen molar-refractivity contribution in [3.05, 3.63) is 48.6 Å². The SMILES string of the molecule is C[C](C)=[Ti]=[Si](C)C.[C-]1=CC=CC1.[C-]1=CC=CC1.[Cl-].[Cl-]. The van der Waals surface area contributed by atoms with E-state index in [1.807, 2.05) is 24.3 Å². The molecule has 108 valence electrons. The molecule has 0 heterocycles. The largest absolute Gasteiger partial charge is 1.00 e. The molecule has 19 heavy (non-hydrogen) atoms. The van der Waals surface area contributed by atoms with E-state index < -0.39 is 0 Å². The molecule has 0 fully saturated rings. The number of hydrogen-bond acceptors (Lipinski definition) is 0. The van der Waals surface area contributed by atoms with Gasteiger partial charge in [0.15, 0.2) is 0 Å². The van der Waals surface area contributed by atoms with E-state index in [1.54, 1.807) is 3.81 Å². The van der Waals surface area contributed by atoms with Gasteiger partial charge in [0.2, 0.25) is 0 Å². The second-order valence-electron chi connectivity index (χ2n) is 4.13. The molecule has 4 heteroatoms. The first-order valence-electron chi connectivity index (χ1n) is 5.93. The molecule has 0 aromatic carbocycles. The Morgan fingerprint density at radius 3 is 1.42 bits per heavy atom. The van der Waals surface area contributed by atoms with Gasteiger partial charge in [-0.05, 0) is 0 Å². The van der Waals surface area contributed by atoms with Gasteiger partial charge in [0.25, 0.3) is 0 Å². The zero-order valence-electron chi connectivity index (χ0n) is 12.1. The van der Waals surface area contributed by atoms with Crippen LogP contribution in [0.15, 0.2) is 36.5 Å². The summed E-state index contributed by atoms with van der Waals surface area (Å²) in [6.45, 7) is 9.32. The first-order chi connectivity index (χ1) is 8.13. The summed E-state index contributed by atoms with van der Waals surface area (Å²) in [6, 6.07) is 0. The molecule has 0 nitrogen and oxygen atoms in total. The Morgan fingerprint density at radius 2 is 1.37 bits per heavy atom. The molecule has 2 rings (SSSR count). The van der Waals surface area contributed by atoms with Crippen molar-refractivity contribution in [1.82, 2.24) is 0 Å². The zero-order chi connectivity index (χ0) is 12.9. The molecule has 0 amide bonds. The number of rotatable bonds is 0. The van der Waals surface area contributed by atoms with Crippen LogP contribution in [0.2, 0.25) is 13.1 Å². The fourth-order valence-corrected chi connectivity index (χ4v) is 6.87. The van der Waals surface area contributed by atoms with Crippen LogP contribution < -0.4 is 24.8 Å². The third-order valence-electron chi connectivity index (χ3n) is 1.67. The van der Waals surface area contributed by atoms with Crippen LogP contribution in [0.1, 0.15) is 26.7 Å². The summed E-state index contributed by atoms with van der Waals surface area (Å²) in [5.41, 5.74) is 0. The van der Waals surface area contributed by atoms with Gasteiger partial charge < -0.3 is 24.8 Å². The van der Waals surface area contributed by atoms with E-state index in [9.17, 15) is 0 Å². The Kier molecular flexibility index (Phi) is 23.5. The number of hydrogen-bond donors (Lipinski definition) is 0. The van der Waals surface area contributed by atoms with Crippen molar-refractivity contribution >= 4 is 10.00 Å². The molecule has 0 radical (unpaired) electrons. The topological polar surface area (TPSA) is 0 Å². The third kappa shape index (κ3) is 23.8. The van der Waals surface area contributed by atoms with Crippen molar-refractivity contribution in [3.8, 4) is 0 Å². The number of halogens is 2. The van der Waals surface area contributed by atoms with Crippen molar-refractivity contribution in [2.75, 3.05) is 0 Å². The smallest absolute Gasteiger partial charge is 0.109 e. The Hall–Kier alpha value is 0.341. The molecule has 0 aromatic rings. The number of allylic oxidation sites excluding steroid dienone is 8. The van der Waals surface area contributed by atoms with E-state index in [2.05, 4.69) is 51.2 Å². The second kappa shape index (κ2) is 18.3. The fourth-order valence-electron chi connectivity index (χ4n) is 1.18.